The second-order valence-electron chi connectivity index (χ2n) is 7.29. The first-order chi connectivity index (χ1) is 12.1. The van der Waals surface area contributed by atoms with Crippen LogP contribution in [0.5, 0.6) is 0 Å². The van der Waals surface area contributed by atoms with Crippen molar-refractivity contribution in [1.29, 1.82) is 0 Å². The maximum absolute atomic E-state index is 12.1. The Kier molecular flexibility index (Phi) is 4.23. The van der Waals surface area contributed by atoms with Gasteiger partial charge in [-0.05, 0) is 37.8 Å². The standard InChI is InChI=1S/C18H26N6O/c1-21(2)18(25)23-11-7-14(8-12-23)17-19-16-6-5-15(13-24(16)20-17)22-9-3-4-10-22/h5-6,13-14H,3-4,7-12H2,1-2H3. The van der Waals surface area contributed by atoms with Crippen molar-refractivity contribution in [1.82, 2.24) is 24.4 Å². The van der Waals surface area contributed by atoms with Crippen LogP contribution in [0, 0.1) is 0 Å². The first-order valence-corrected chi connectivity index (χ1v) is 9.19. The van der Waals surface area contributed by atoms with E-state index in [2.05, 4.69) is 23.2 Å². The number of hydrogen-bond donors (Lipinski definition) is 0. The zero-order valence-electron chi connectivity index (χ0n) is 15.1. The number of rotatable bonds is 2. The molecular formula is C18H26N6O. The lowest BCUT2D eigenvalue weighted by molar-refractivity contribution is 0.155. The summed E-state index contributed by atoms with van der Waals surface area (Å²) in [7, 11) is 3.60. The molecule has 0 spiro atoms. The Balaban J connectivity index is 1.48. The summed E-state index contributed by atoms with van der Waals surface area (Å²) in [5, 5.41) is 4.74. The van der Waals surface area contributed by atoms with E-state index in [4.69, 9.17) is 10.1 Å². The lowest BCUT2D eigenvalue weighted by Crippen LogP contribution is -2.43. The van der Waals surface area contributed by atoms with E-state index in [1.165, 1.54) is 18.5 Å². The molecule has 2 aromatic rings. The number of fused-ring (bicyclic) bond motifs is 1. The van der Waals surface area contributed by atoms with Gasteiger partial charge in [-0.15, -0.1) is 0 Å². The Hall–Kier alpha value is -2.31. The molecule has 2 aliphatic rings. The van der Waals surface area contributed by atoms with Gasteiger partial charge >= 0.3 is 6.03 Å². The lowest BCUT2D eigenvalue weighted by atomic mass is 9.96. The predicted octanol–water partition coefficient (Wildman–Crippen LogP) is 2.19. The summed E-state index contributed by atoms with van der Waals surface area (Å²) in [6.07, 6.45) is 6.49. The molecule has 2 amide bonds. The number of pyridine rings is 1. The summed E-state index contributed by atoms with van der Waals surface area (Å²) in [5.41, 5.74) is 2.14. The lowest BCUT2D eigenvalue weighted by Gasteiger charge is -2.32. The molecule has 2 saturated heterocycles. The van der Waals surface area contributed by atoms with Crippen LogP contribution in [-0.4, -0.2) is 70.7 Å². The predicted molar refractivity (Wildman–Crippen MR) is 97.1 cm³/mol. The minimum absolute atomic E-state index is 0.0941. The van der Waals surface area contributed by atoms with Crippen molar-refractivity contribution in [3.63, 3.8) is 0 Å². The molecule has 2 fully saturated rings. The molecule has 0 N–H and O–H groups in total. The van der Waals surface area contributed by atoms with Crippen molar-refractivity contribution in [3.8, 4) is 0 Å². The summed E-state index contributed by atoms with van der Waals surface area (Å²) in [5.74, 6) is 1.25. The fraction of sp³-hybridized carbons (Fsp3) is 0.611. The monoisotopic (exact) mass is 342 g/mol. The van der Waals surface area contributed by atoms with Crippen LogP contribution in [0.3, 0.4) is 0 Å². The van der Waals surface area contributed by atoms with Gasteiger partial charge in [-0.2, -0.15) is 5.10 Å². The third kappa shape index (κ3) is 3.15. The fourth-order valence-electron chi connectivity index (χ4n) is 3.84. The van der Waals surface area contributed by atoms with E-state index in [1.54, 1.807) is 19.0 Å². The number of hydrogen-bond acceptors (Lipinski definition) is 4. The van der Waals surface area contributed by atoms with E-state index < -0.39 is 0 Å². The maximum Gasteiger partial charge on any atom is 0.319 e. The van der Waals surface area contributed by atoms with Gasteiger partial charge in [-0.25, -0.2) is 14.3 Å². The van der Waals surface area contributed by atoms with E-state index in [9.17, 15) is 4.79 Å². The van der Waals surface area contributed by atoms with Crippen molar-refractivity contribution in [2.75, 3.05) is 45.2 Å². The molecule has 7 nitrogen and oxygen atoms in total. The molecule has 0 radical (unpaired) electrons. The SMILES string of the molecule is CN(C)C(=O)N1CCC(c2nc3ccc(N4CCCC4)cn3n2)CC1. The summed E-state index contributed by atoms with van der Waals surface area (Å²) in [6.45, 7) is 3.81. The van der Waals surface area contributed by atoms with Crippen LogP contribution < -0.4 is 4.90 Å². The minimum Gasteiger partial charge on any atom is -0.370 e. The largest absolute Gasteiger partial charge is 0.370 e. The maximum atomic E-state index is 12.1. The Morgan fingerprint density at radius 3 is 2.52 bits per heavy atom. The first kappa shape index (κ1) is 16.2. The summed E-state index contributed by atoms with van der Waals surface area (Å²) in [6, 6.07) is 4.31. The van der Waals surface area contributed by atoms with Crippen LogP contribution in [0.2, 0.25) is 0 Å². The first-order valence-electron chi connectivity index (χ1n) is 9.19. The molecule has 25 heavy (non-hydrogen) atoms. The van der Waals surface area contributed by atoms with Gasteiger partial charge in [-0.1, -0.05) is 0 Å². The van der Waals surface area contributed by atoms with Crippen LogP contribution in [-0.2, 0) is 0 Å². The number of carbonyl (C=O) groups is 1. The van der Waals surface area contributed by atoms with Crippen molar-refractivity contribution in [3.05, 3.63) is 24.2 Å². The molecule has 4 rings (SSSR count). The van der Waals surface area contributed by atoms with Crippen molar-refractivity contribution < 1.29 is 4.79 Å². The highest BCUT2D eigenvalue weighted by Crippen LogP contribution is 2.27. The molecule has 0 bridgehead atoms. The highest BCUT2D eigenvalue weighted by Gasteiger charge is 2.27. The summed E-state index contributed by atoms with van der Waals surface area (Å²) >= 11 is 0. The number of piperidine rings is 1. The number of aromatic nitrogens is 3. The zero-order chi connectivity index (χ0) is 17.4. The summed E-state index contributed by atoms with van der Waals surface area (Å²) in [4.78, 5) is 22.8. The Morgan fingerprint density at radius 2 is 1.84 bits per heavy atom. The van der Waals surface area contributed by atoms with Gasteiger partial charge in [0.1, 0.15) is 0 Å². The molecule has 7 heteroatoms. The van der Waals surface area contributed by atoms with Gasteiger partial charge in [0, 0.05) is 46.2 Å². The molecule has 4 heterocycles. The molecule has 134 valence electrons. The number of anilines is 1. The highest BCUT2D eigenvalue weighted by molar-refractivity contribution is 5.73. The normalized spacial score (nSPS) is 19.0. The molecule has 0 aliphatic carbocycles. The second-order valence-corrected chi connectivity index (χ2v) is 7.29. The smallest absolute Gasteiger partial charge is 0.319 e. The summed E-state index contributed by atoms with van der Waals surface area (Å²) < 4.78 is 1.92. The van der Waals surface area contributed by atoms with Crippen LogP contribution in [0.4, 0.5) is 10.5 Å². The minimum atomic E-state index is 0.0941. The Morgan fingerprint density at radius 1 is 1.12 bits per heavy atom. The number of urea groups is 1. The van der Waals surface area contributed by atoms with Gasteiger partial charge in [0.2, 0.25) is 0 Å². The van der Waals surface area contributed by atoms with E-state index in [0.29, 0.717) is 5.92 Å². The molecule has 2 aliphatic heterocycles. The van der Waals surface area contributed by atoms with E-state index in [0.717, 1.165) is 50.5 Å². The number of carbonyl (C=O) groups excluding carboxylic acids is 1. The molecular weight excluding hydrogens is 316 g/mol. The van der Waals surface area contributed by atoms with Gasteiger partial charge in [-0.3, -0.25) is 0 Å². The van der Waals surface area contributed by atoms with Crippen molar-refractivity contribution in [2.24, 2.45) is 0 Å². The molecule has 0 aromatic carbocycles. The third-order valence-corrected chi connectivity index (χ3v) is 5.32. The zero-order valence-corrected chi connectivity index (χ0v) is 15.1. The topological polar surface area (TPSA) is 57.0 Å². The van der Waals surface area contributed by atoms with Crippen molar-refractivity contribution in [2.45, 2.75) is 31.6 Å². The van der Waals surface area contributed by atoms with Gasteiger partial charge < -0.3 is 14.7 Å². The van der Waals surface area contributed by atoms with E-state index in [-0.39, 0.29) is 6.03 Å². The average molecular weight is 342 g/mol. The molecule has 0 atom stereocenters. The highest BCUT2D eigenvalue weighted by atomic mass is 16.2. The van der Waals surface area contributed by atoms with Gasteiger partial charge in [0.05, 0.1) is 11.9 Å². The third-order valence-electron chi connectivity index (χ3n) is 5.32. The second kappa shape index (κ2) is 6.54. The number of amides is 2. The number of likely N-dealkylation sites (tertiary alicyclic amines) is 1. The van der Waals surface area contributed by atoms with Crippen LogP contribution >= 0.6 is 0 Å². The number of nitrogens with zero attached hydrogens (tertiary/aromatic N) is 6. The Bertz CT molecular complexity index is 756. The fourth-order valence-corrected chi connectivity index (χ4v) is 3.84. The quantitative estimate of drug-likeness (QED) is 0.839. The van der Waals surface area contributed by atoms with Crippen molar-refractivity contribution >= 4 is 17.4 Å². The molecule has 2 aromatic heterocycles. The average Bonchev–Trinajstić information content (AvgIpc) is 3.30. The van der Waals surface area contributed by atoms with Gasteiger partial charge in [0.15, 0.2) is 11.5 Å². The van der Waals surface area contributed by atoms with E-state index >= 15 is 0 Å². The van der Waals surface area contributed by atoms with E-state index in [1.807, 2.05) is 9.42 Å². The molecule has 0 saturated carbocycles. The Labute approximate surface area is 148 Å². The van der Waals surface area contributed by atoms with Crippen LogP contribution in [0.15, 0.2) is 18.3 Å². The van der Waals surface area contributed by atoms with Gasteiger partial charge in [0.25, 0.3) is 0 Å². The van der Waals surface area contributed by atoms with Crippen LogP contribution in [0.1, 0.15) is 37.4 Å². The molecule has 0 unspecified atom stereocenters. The van der Waals surface area contributed by atoms with Crippen LogP contribution in [0.25, 0.3) is 5.65 Å².